The molecule has 1 aromatic rings. The van der Waals surface area contributed by atoms with Crippen LogP contribution in [0.15, 0.2) is 0 Å². The quantitative estimate of drug-likeness (QED) is 0.105. The first kappa shape index (κ1) is 26.0. The molecule has 0 aromatic heterocycles. The van der Waals surface area contributed by atoms with Crippen molar-refractivity contribution in [2.45, 2.75) is 70.8 Å². The zero-order valence-electron chi connectivity index (χ0n) is 17.4. The molecule has 3 nitrogen and oxygen atoms in total. The third-order valence-electron chi connectivity index (χ3n) is 4.95. The molecule has 0 N–H and O–H groups in total. The molecule has 0 saturated heterocycles. The second-order valence-corrected chi connectivity index (χ2v) is 9.87. The lowest BCUT2D eigenvalue weighted by atomic mass is 10.0. The largest absolute Gasteiger partial charge is 0.500 e. The van der Waals surface area contributed by atoms with Crippen LogP contribution in [0.5, 0.6) is 0 Å². The van der Waals surface area contributed by atoms with Gasteiger partial charge in [-0.3, -0.25) is 0 Å². The maximum Gasteiger partial charge on any atom is 0.500 e. The van der Waals surface area contributed by atoms with E-state index in [4.69, 9.17) is 13.3 Å². The van der Waals surface area contributed by atoms with E-state index in [9.17, 15) is 22.0 Å². The van der Waals surface area contributed by atoms with Crippen LogP contribution in [0.25, 0.3) is 0 Å². The molecule has 29 heavy (non-hydrogen) atoms. The van der Waals surface area contributed by atoms with Gasteiger partial charge in [0.05, 0.1) is 0 Å². The predicted octanol–water partition coefficient (Wildman–Crippen LogP) is 6.31. The van der Waals surface area contributed by atoms with Gasteiger partial charge in [0.2, 0.25) is 5.82 Å². The van der Waals surface area contributed by atoms with Crippen molar-refractivity contribution in [3.05, 3.63) is 34.6 Å². The van der Waals surface area contributed by atoms with Gasteiger partial charge in [-0.25, -0.2) is 22.0 Å². The van der Waals surface area contributed by atoms with Crippen LogP contribution in [-0.4, -0.2) is 29.6 Å². The van der Waals surface area contributed by atoms with E-state index in [0.29, 0.717) is 19.4 Å². The number of unbranched alkanes of at least 4 members (excludes halogenated alkanes) is 7. The molecule has 0 unspecified atom stereocenters. The van der Waals surface area contributed by atoms with E-state index in [0.717, 1.165) is 44.6 Å². The van der Waals surface area contributed by atoms with Gasteiger partial charge < -0.3 is 13.3 Å². The van der Waals surface area contributed by atoms with Crippen molar-refractivity contribution in [3.8, 4) is 0 Å². The highest BCUT2D eigenvalue weighted by Crippen LogP contribution is 2.25. The van der Waals surface area contributed by atoms with Crippen LogP contribution in [-0.2, 0) is 19.7 Å². The fourth-order valence-electron chi connectivity index (χ4n) is 3.27. The molecule has 0 aliphatic heterocycles. The second-order valence-electron chi connectivity index (χ2n) is 6.90. The first-order valence-corrected chi connectivity index (χ1v) is 12.0. The van der Waals surface area contributed by atoms with E-state index in [-0.39, 0.29) is 6.42 Å². The van der Waals surface area contributed by atoms with E-state index in [1.165, 1.54) is 0 Å². The van der Waals surface area contributed by atoms with Gasteiger partial charge in [-0.2, -0.15) is 0 Å². The maximum atomic E-state index is 13.6. The SMILES string of the molecule is CCO[Si](CCCCCCCCCCc1c(F)c(F)c(F)c(F)c1F)(OC)OC. The molecule has 9 heteroatoms. The van der Waals surface area contributed by atoms with Gasteiger partial charge in [-0.15, -0.1) is 0 Å². The van der Waals surface area contributed by atoms with Gasteiger partial charge in [0.1, 0.15) is 0 Å². The summed E-state index contributed by atoms with van der Waals surface area (Å²) >= 11 is 0. The Kier molecular flexibility index (Phi) is 11.9. The van der Waals surface area contributed by atoms with Gasteiger partial charge in [0.15, 0.2) is 23.3 Å². The van der Waals surface area contributed by atoms with E-state index < -0.39 is 43.5 Å². The van der Waals surface area contributed by atoms with Crippen molar-refractivity contribution in [1.29, 1.82) is 0 Å². The molecule has 0 saturated carbocycles. The summed E-state index contributed by atoms with van der Waals surface area (Å²) in [6.45, 7) is 2.46. The van der Waals surface area contributed by atoms with Crippen LogP contribution < -0.4 is 0 Å². The topological polar surface area (TPSA) is 27.7 Å². The Hall–Kier alpha value is -1.03. The number of halogens is 5. The van der Waals surface area contributed by atoms with Gasteiger partial charge in [-0.05, 0) is 26.2 Å². The van der Waals surface area contributed by atoms with E-state index in [1.807, 2.05) is 6.92 Å². The monoisotopic (exact) mass is 442 g/mol. The lowest BCUT2D eigenvalue weighted by Crippen LogP contribution is -2.43. The molecule has 1 aromatic carbocycles. The van der Waals surface area contributed by atoms with Gasteiger partial charge >= 0.3 is 8.80 Å². The predicted molar refractivity (Wildman–Crippen MR) is 103 cm³/mol. The van der Waals surface area contributed by atoms with E-state index in [1.54, 1.807) is 14.2 Å². The molecule has 0 aliphatic rings. The molecule has 1 rings (SSSR count). The summed E-state index contributed by atoms with van der Waals surface area (Å²) in [7, 11) is 0.697. The molecule has 0 fully saturated rings. The Morgan fingerprint density at radius 2 is 1.03 bits per heavy atom. The summed E-state index contributed by atoms with van der Waals surface area (Å²) in [5, 5.41) is 0. The van der Waals surface area contributed by atoms with Crippen molar-refractivity contribution >= 4 is 8.80 Å². The van der Waals surface area contributed by atoms with Gasteiger partial charge in [-0.1, -0.05) is 38.5 Å². The standard InChI is InChI=1S/C20H31F5O3Si/c1-4-28-29(26-2,27-3)14-12-10-8-6-5-7-9-11-13-15-16(21)18(23)20(25)19(24)17(15)22/h4-14H2,1-3H3. The van der Waals surface area contributed by atoms with Crippen LogP contribution in [0.2, 0.25) is 6.04 Å². The summed E-state index contributed by atoms with van der Waals surface area (Å²) in [6, 6.07) is 0.774. The molecule has 0 atom stereocenters. The highest BCUT2D eigenvalue weighted by Gasteiger charge is 2.37. The summed E-state index contributed by atoms with van der Waals surface area (Å²) < 4.78 is 83.1. The molecular weight excluding hydrogens is 411 g/mol. The minimum absolute atomic E-state index is 0.163. The second kappa shape index (κ2) is 13.3. The molecular formula is C20H31F5O3Si. The van der Waals surface area contributed by atoms with Crippen LogP contribution in [0, 0.1) is 29.1 Å². The summed E-state index contributed by atoms with van der Waals surface area (Å²) in [4.78, 5) is 0. The van der Waals surface area contributed by atoms with Crippen LogP contribution in [0.3, 0.4) is 0 Å². The molecule has 0 bridgehead atoms. The van der Waals surface area contributed by atoms with Crippen molar-refractivity contribution in [3.63, 3.8) is 0 Å². The Bertz CT molecular complexity index is 598. The molecule has 0 amide bonds. The van der Waals surface area contributed by atoms with Crippen LogP contribution in [0.1, 0.15) is 63.9 Å². The normalized spacial score (nSPS) is 12.0. The summed E-state index contributed by atoms with van der Waals surface area (Å²) in [5.74, 6) is -9.31. The zero-order valence-corrected chi connectivity index (χ0v) is 18.4. The lowest BCUT2D eigenvalue weighted by molar-refractivity contribution is 0.103. The number of hydrogen-bond donors (Lipinski definition) is 0. The summed E-state index contributed by atoms with van der Waals surface area (Å²) in [5.41, 5.74) is -0.723. The first-order chi connectivity index (χ1) is 13.8. The zero-order chi connectivity index (χ0) is 21.9. The van der Waals surface area contributed by atoms with Crippen LogP contribution in [0.4, 0.5) is 22.0 Å². The Morgan fingerprint density at radius 3 is 1.48 bits per heavy atom. The third-order valence-corrected chi connectivity index (χ3v) is 7.89. The number of rotatable bonds is 15. The number of hydrogen-bond acceptors (Lipinski definition) is 3. The third kappa shape index (κ3) is 7.62. The van der Waals surface area contributed by atoms with Crippen LogP contribution >= 0.6 is 0 Å². The van der Waals surface area contributed by atoms with E-state index >= 15 is 0 Å². The fraction of sp³-hybridized carbons (Fsp3) is 0.700. The number of benzene rings is 1. The molecule has 0 radical (unpaired) electrons. The Balaban J connectivity index is 2.20. The molecule has 0 heterocycles. The van der Waals surface area contributed by atoms with E-state index in [2.05, 4.69) is 0 Å². The molecule has 0 aliphatic carbocycles. The first-order valence-electron chi connectivity index (χ1n) is 10.1. The highest BCUT2D eigenvalue weighted by atomic mass is 28.4. The van der Waals surface area contributed by atoms with Gasteiger partial charge in [0.25, 0.3) is 0 Å². The molecule has 0 spiro atoms. The maximum absolute atomic E-state index is 13.6. The Morgan fingerprint density at radius 1 is 0.621 bits per heavy atom. The lowest BCUT2D eigenvalue weighted by Gasteiger charge is -2.25. The average molecular weight is 443 g/mol. The average Bonchev–Trinajstić information content (AvgIpc) is 2.73. The van der Waals surface area contributed by atoms with Gasteiger partial charge in [0, 0.05) is 32.4 Å². The summed E-state index contributed by atoms with van der Waals surface area (Å²) in [6.07, 6.45) is 6.74. The van der Waals surface area contributed by atoms with Crippen molar-refractivity contribution < 1.29 is 35.2 Å². The highest BCUT2D eigenvalue weighted by molar-refractivity contribution is 6.60. The molecule has 168 valence electrons. The van der Waals surface area contributed by atoms with Crippen molar-refractivity contribution in [1.82, 2.24) is 0 Å². The minimum atomic E-state index is -2.52. The van der Waals surface area contributed by atoms with Crippen molar-refractivity contribution in [2.24, 2.45) is 0 Å². The Labute approximate surface area is 170 Å². The minimum Gasteiger partial charge on any atom is -0.377 e. The smallest absolute Gasteiger partial charge is 0.377 e. The van der Waals surface area contributed by atoms with Crippen molar-refractivity contribution in [2.75, 3.05) is 20.8 Å². The fourth-order valence-corrected chi connectivity index (χ4v) is 5.35.